The van der Waals surface area contributed by atoms with Crippen molar-refractivity contribution in [2.24, 2.45) is 0 Å². The molecule has 0 unspecified atom stereocenters. The van der Waals surface area contributed by atoms with Gasteiger partial charge in [-0.25, -0.2) is 9.78 Å². The highest BCUT2D eigenvalue weighted by molar-refractivity contribution is 6.06. The molecule has 1 aromatic carbocycles. The lowest BCUT2D eigenvalue weighted by molar-refractivity contribution is 0.0697. The number of nitrogens with zero attached hydrogens (tertiary/aromatic N) is 2. The van der Waals surface area contributed by atoms with Crippen LogP contribution in [-0.4, -0.2) is 37.3 Å². The topological polar surface area (TPSA) is 128 Å². The zero-order valence-electron chi connectivity index (χ0n) is 10.8. The number of H-pyrrole nitrogens is 1. The quantitative estimate of drug-likeness (QED) is 0.628. The van der Waals surface area contributed by atoms with Crippen molar-refractivity contribution < 1.29 is 19.8 Å². The molecular formula is C13H12N4O4. The number of aromatic carboxylic acids is 1. The summed E-state index contributed by atoms with van der Waals surface area (Å²) in [6, 6.07) is 3.66. The Hall–Kier alpha value is -2.90. The number of carbonyl (C=O) groups is 2. The number of amides is 1. The number of nitrogens with one attached hydrogen (secondary N) is 2. The van der Waals surface area contributed by atoms with Gasteiger partial charge in [0.1, 0.15) is 11.6 Å². The summed E-state index contributed by atoms with van der Waals surface area (Å²) in [4.78, 5) is 27.2. The van der Waals surface area contributed by atoms with Crippen LogP contribution >= 0.6 is 0 Å². The summed E-state index contributed by atoms with van der Waals surface area (Å²) >= 11 is 0. The number of carbonyl (C=O) groups excluding carboxylic acids is 1. The highest BCUT2D eigenvalue weighted by atomic mass is 16.4. The van der Waals surface area contributed by atoms with Crippen molar-refractivity contribution in [2.75, 3.05) is 5.32 Å². The second kappa shape index (κ2) is 4.89. The Kier molecular flexibility index (Phi) is 3.05. The molecule has 1 amide bonds. The maximum atomic E-state index is 12.0. The average molecular weight is 288 g/mol. The van der Waals surface area contributed by atoms with Crippen LogP contribution in [0.15, 0.2) is 18.2 Å². The number of aromatic amines is 1. The van der Waals surface area contributed by atoms with Gasteiger partial charge >= 0.3 is 5.97 Å². The number of carboxylic acid groups (broad SMARTS) is 1. The summed E-state index contributed by atoms with van der Waals surface area (Å²) in [6.07, 6.45) is 2.05. The summed E-state index contributed by atoms with van der Waals surface area (Å²) in [5.41, 5.74) is -0.135. The van der Waals surface area contributed by atoms with E-state index in [1.807, 2.05) is 0 Å². The van der Waals surface area contributed by atoms with Crippen LogP contribution in [0.2, 0.25) is 0 Å². The molecule has 0 aliphatic heterocycles. The fraction of sp³-hybridized carbons (Fsp3) is 0.231. The minimum absolute atomic E-state index is 0.0405. The molecule has 2 aromatic rings. The molecule has 0 atom stereocenters. The number of phenols is 1. The number of carboxylic acids is 1. The molecule has 0 spiro atoms. The number of benzene rings is 1. The number of hydrogen-bond donors (Lipinski definition) is 4. The Labute approximate surface area is 118 Å². The van der Waals surface area contributed by atoms with Crippen molar-refractivity contribution >= 4 is 17.6 Å². The van der Waals surface area contributed by atoms with E-state index in [1.165, 1.54) is 12.1 Å². The Bertz CT molecular complexity index is 721. The van der Waals surface area contributed by atoms with E-state index in [1.54, 1.807) is 0 Å². The number of phenolic OH excluding ortho intramolecular Hbond substituents is 1. The number of aromatic hydroxyl groups is 1. The van der Waals surface area contributed by atoms with E-state index in [-0.39, 0.29) is 22.8 Å². The van der Waals surface area contributed by atoms with E-state index in [0.717, 1.165) is 18.9 Å². The molecule has 1 aromatic heterocycles. The fourth-order valence-electron chi connectivity index (χ4n) is 1.91. The van der Waals surface area contributed by atoms with Gasteiger partial charge < -0.3 is 15.5 Å². The molecule has 1 fully saturated rings. The maximum absolute atomic E-state index is 12.0. The first-order valence-corrected chi connectivity index (χ1v) is 6.34. The van der Waals surface area contributed by atoms with Crippen LogP contribution in [0, 0.1) is 0 Å². The Morgan fingerprint density at radius 3 is 2.76 bits per heavy atom. The molecule has 3 rings (SSSR count). The molecule has 1 aliphatic rings. The van der Waals surface area contributed by atoms with Gasteiger partial charge in [-0.05, 0) is 31.0 Å². The van der Waals surface area contributed by atoms with Crippen molar-refractivity contribution in [3.8, 4) is 5.75 Å². The van der Waals surface area contributed by atoms with Gasteiger partial charge in [0, 0.05) is 5.92 Å². The number of rotatable bonds is 4. The Morgan fingerprint density at radius 2 is 2.10 bits per heavy atom. The van der Waals surface area contributed by atoms with Crippen molar-refractivity contribution in [3.05, 3.63) is 35.4 Å². The zero-order chi connectivity index (χ0) is 15.0. The van der Waals surface area contributed by atoms with Gasteiger partial charge in [0.15, 0.2) is 0 Å². The highest BCUT2D eigenvalue weighted by Gasteiger charge is 2.28. The SMILES string of the molecule is O=C(Nc1ccc(O)cc1C(=O)O)c1n[nH]c(C2CC2)n1. The molecule has 4 N–H and O–H groups in total. The van der Waals surface area contributed by atoms with Gasteiger partial charge in [-0.3, -0.25) is 9.89 Å². The molecule has 8 nitrogen and oxygen atoms in total. The van der Waals surface area contributed by atoms with Crippen LogP contribution in [0.5, 0.6) is 5.75 Å². The minimum Gasteiger partial charge on any atom is -0.508 e. The first-order chi connectivity index (χ1) is 10.0. The van der Waals surface area contributed by atoms with Crippen LogP contribution in [0.25, 0.3) is 0 Å². The second-order valence-corrected chi connectivity index (χ2v) is 4.81. The number of aromatic nitrogens is 3. The van der Waals surface area contributed by atoms with Gasteiger partial charge in [-0.2, -0.15) is 0 Å². The van der Waals surface area contributed by atoms with Gasteiger partial charge in [-0.1, -0.05) is 0 Å². The van der Waals surface area contributed by atoms with E-state index < -0.39 is 11.9 Å². The highest BCUT2D eigenvalue weighted by Crippen LogP contribution is 2.37. The molecule has 1 saturated carbocycles. The number of hydrogen-bond acceptors (Lipinski definition) is 5. The van der Waals surface area contributed by atoms with Crippen LogP contribution in [0.4, 0.5) is 5.69 Å². The third-order valence-electron chi connectivity index (χ3n) is 3.15. The third-order valence-corrected chi connectivity index (χ3v) is 3.15. The third kappa shape index (κ3) is 2.69. The molecule has 1 aliphatic carbocycles. The largest absolute Gasteiger partial charge is 0.508 e. The molecular weight excluding hydrogens is 276 g/mol. The first-order valence-electron chi connectivity index (χ1n) is 6.34. The first kappa shape index (κ1) is 13.1. The standard InChI is InChI=1S/C13H12N4O4/c18-7-3-4-9(8(5-7)13(20)21)14-12(19)11-15-10(16-17-11)6-1-2-6/h3-6,18H,1-2H2,(H,14,19)(H,20,21)(H,15,16,17). The van der Waals surface area contributed by atoms with Gasteiger partial charge in [0.05, 0.1) is 11.3 Å². The molecule has 8 heteroatoms. The van der Waals surface area contributed by atoms with Crippen LogP contribution < -0.4 is 5.32 Å². The maximum Gasteiger partial charge on any atom is 0.337 e. The monoisotopic (exact) mass is 288 g/mol. The van der Waals surface area contributed by atoms with Crippen molar-refractivity contribution in [1.82, 2.24) is 15.2 Å². The molecule has 0 saturated heterocycles. The Morgan fingerprint density at radius 1 is 1.33 bits per heavy atom. The fourth-order valence-corrected chi connectivity index (χ4v) is 1.91. The van der Waals surface area contributed by atoms with Crippen molar-refractivity contribution in [2.45, 2.75) is 18.8 Å². The van der Waals surface area contributed by atoms with Crippen molar-refractivity contribution in [1.29, 1.82) is 0 Å². The summed E-state index contributed by atoms with van der Waals surface area (Å²) in [5.74, 6) is -1.09. The molecule has 0 bridgehead atoms. The minimum atomic E-state index is -1.25. The average Bonchev–Trinajstić information content (AvgIpc) is 3.18. The lowest BCUT2D eigenvalue weighted by Crippen LogP contribution is -2.16. The van der Waals surface area contributed by atoms with Crippen LogP contribution in [0.3, 0.4) is 0 Å². The predicted octanol–water partition coefficient (Wildman–Crippen LogP) is 1.34. The normalized spacial score (nSPS) is 13.9. The van der Waals surface area contributed by atoms with E-state index in [4.69, 9.17) is 5.11 Å². The molecule has 21 heavy (non-hydrogen) atoms. The predicted molar refractivity (Wildman–Crippen MR) is 71.4 cm³/mol. The van der Waals surface area contributed by atoms with E-state index in [2.05, 4.69) is 20.5 Å². The van der Waals surface area contributed by atoms with Gasteiger partial charge in [0.25, 0.3) is 5.91 Å². The van der Waals surface area contributed by atoms with Crippen LogP contribution in [0.1, 0.15) is 45.6 Å². The van der Waals surface area contributed by atoms with E-state index in [9.17, 15) is 14.7 Å². The lowest BCUT2D eigenvalue weighted by atomic mass is 10.1. The summed E-state index contributed by atoms with van der Waals surface area (Å²) in [6.45, 7) is 0. The molecule has 1 heterocycles. The van der Waals surface area contributed by atoms with Crippen LogP contribution in [-0.2, 0) is 0 Å². The second-order valence-electron chi connectivity index (χ2n) is 4.81. The van der Waals surface area contributed by atoms with Gasteiger partial charge in [0.2, 0.25) is 5.82 Å². The van der Waals surface area contributed by atoms with Gasteiger partial charge in [-0.15, -0.1) is 5.10 Å². The Balaban J connectivity index is 1.81. The lowest BCUT2D eigenvalue weighted by Gasteiger charge is -2.07. The summed E-state index contributed by atoms with van der Waals surface area (Å²) < 4.78 is 0. The molecule has 0 radical (unpaired) electrons. The zero-order valence-corrected chi connectivity index (χ0v) is 10.8. The number of anilines is 1. The summed E-state index contributed by atoms with van der Waals surface area (Å²) in [7, 11) is 0. The smallest absolute Gasteiger partial charge is 0.337 e. The van der Waals surface area contributed by atoms with Crippen molar-refractivity contribution in [3.63, 3.8) is 0 Å². The molecule has 108 valence electrons. The summed E-state index contributed by atoms with van der Waals surface area (Å²) in [5, 5.41) is 27.3. The van der Waals surface area contributed by atoms with E-state index in [0.29, 0.717) is 11.7 Å². The van der Waals surface area contributed by atoms with E-state index >= 15 is 0 Å².